The Morgan fingerprint density at radius 2 is 1.79 bits per heavy atom. The maximum Gasteiger partial charge on any atom is 0.255 e. The van der Waals surface area contributed by atoms with E-state index in [0.717, 1.165) is 5.56 Å². The molecule has 2 heterocycles. The molecule has 3 atom stereocenters. The molecule has 226 valence electrons. The number of carbonyl (C=O) groups is 4. The molecule has 2 aromatic carbocycles. The van der Waals surface area contributed by atoms with Crippen LogP contribution in [0.25, 0.3) is 0 Å². The van der Waals surface area contributed by atoms with Gasteiger partial charge in [-0.05, 0) is 55.0 Å². The first kappa shape index (κ1) is 31.0. The number of hydrogen-bond donors (Lipinski definition) is 3. The van der Waals surface area contributed by atoms with E-state index < -0.39 is 29.3 Å². The van der Waals surface area contributed by atoms with Crippen molar-refractivity contribution in [3.05, 3.63) is 65.5 Å². The van der Waals surface area contributed by atoms with Gasteiger partial charge in [0.1, 0.15) is 30.3 Å². The fourth-order valence-electron chi connectivity index (χ4n) is 5.33. The number of benzene rings is 2. The summed E-state index contributed by atoms with van der Waals surface area (Å²) in [6, 6.07) is 10.9. The van der Waals surface area contributed by atoms with Crippen LogP contribution in [0.3, 0.4) is 0 Å². The first-order chi connectivity index (χ1) is 20.0. The number of para-hydroxylation sites is 1. The Bertz CT molecular complexity index is 1300. The topological polar surface area (TPSA) is 117 Å². The summed E-state index contributed by atoms with van der Waals surface area (Å²) >= 11 is 0. The van der Waals surface area contributed by atoms with Gasteiger partial charge in [-0.2, -0.15) is 0 Å². The number of halogens is 1. The summed E-state index contributed by atoms with van der Waals surface area (Å²) in [4.78, 5) is 55.1. The minimum absolute atomic E-state index is 0.0186. The summed E-state index contributed by atoms with van der Waals surface area (Å²) in [6.07, 6.45) is 1.30. The second-order valence-corrected chi connectivity index (χ2v) is 12.1. The van der Waals surface area contributed by atoms with E-state index in [0.29, 0.717) is 25.1 Å². The largest absolute Gasteiger partial charge is 0.491 e. The smallest absolute Gasteiger partial charge is 0.255 e. The summed E-state index contributed by atoms with van der Waals surface area (Å²) in [5.74, 6) is -1.37. The molecular formula is C32H41FN4O5. The quantitative estimate of drug-likeness (QED) is 0.502. The highest BCUT2D eigenvalue weighted by molar-refractivity contribution is 6.00. The molecule has 0 bridgehead atoms. The molecule has 1 fully saturated rings. The summed E-state index contributed by atoms with van der Waals surface area (Å²) in [6.45, 7) is 8.61. The molecular weight excluding hydrogens is 539 g/mol. The highest BCUT2D eigenvalue weighted by atomic mass is 19.1. The maximum atomic E-state index is 13.5. The minimum Gasteiger partial charge on any atom is -0.491 e. The van der Waals surface area contributed by atoms with Crippen LogP contribution in [-0.4, -0.2) is 66.4 Å². The molecule has 9 nitrogen and oxygen atoms in total. The minimum atomic E-state index is -1.01. The van der Waals surface area contributed by atoms with Gasteiger partial charge >= 0.3 is 0 Å². The Kier molecular flexibility index (Phi) is 9.85. The number of ether oxygens (including phenoxy) is 1. The molecule has 0 aliphatic carbocycles. The third-order valence-corrected chi connectivity index (χ3v) is 8.16. The van der Waals surface area contributed by atoms with Gasteiger partial charge in [-0.15, -0.1) is 0 Å². The van der Waals surface area contributed by atoms with E-state index in [9.17, 15) is 23.6 Å². The van der Waals surface area contributed by atoms with E-state index >= 15 is 0 Å². The zero-order valence-electron chi connectivity index (χ0n) is 24.7. The maximum absolute atomic E-state index is 13.5. The van der Waals surface area contributed by atoms with E-state index in [-0.39, 0.29) is 61.1 Å². The van der Waals surface area contributed by atoms with Crippen molar-refractivity contribution in [2.75, 3.05) is 19.7 Å². The molecule has 10 heteroatoms. The molecule has 0 radical (unpaired) electrons. The zero-order chi connectivity index (χ0) is 30.4. The highest BCUT2D eigenvalue weighted by Gasteiger charge is 2.36. The van der Waals surface area contributed by atoms with Gasteiger partial charge in [0.15, 0.2) is 0 Å². The first-order valence-electron chi connectivity index (χ1n) is 14.6. The SMILES string of the molecule is CC(C)[C@@H]1COc2ccccc2C(=O)N[C@H](C(=O)NCC(C)(C)c2ccc(F)cc2)CCC(=O)N2CCC[C@H]2C(=O)N1. The second-order valence-electron chi connectivity index (χ2n) is 12.1. The highest BCUT2D eigenvalue weighted by Crippen LogP contribution is 2.24. The van der Waals surface area contributed by atoms with Gasteiger partial charge in [0, 0.05) is 24.9 Å². The van der Waals surface area contributed by atoms with E-state index in [2.05, 4.69) is 16.0 Å². The van der Waals surface area contributed by atoms with Crippen molar-refractivity contribution in [1.29, 1.82) is 0 Å². The molecule has 1 saturated heterocycles. The monoisotopic (exact) mass is 580 g/mol. The molecule has 0 unspecified atom stereocenters. The number of rotatable bonds is 5. The Labute approximate surface area is 246 Å². The number of fused-ring (bicyclic) bond motifs is 2. The van der Waals surface area contributed by atoms with Gasteiger partial charge in [0.05, 0.1) is 11.6 Å². The summed E-state index contributed by atoms with van der Waals surface area (Å²) in [5.41, 5.74) is 0.569. The van der Waals surface area contributed by atoms with Crippen LogP contribution in [0.5, 0.6) is 5.75 Å². The predicted octanol–water partition coefficient (Wildman–Crippen LogP) is 3.32. The lowest BCUT2D eigenvalue weighted by molar-refractivity contribution is -0.139. The Morgan fingerprint density at radius 1 is 1.07 bits per heavy atom. The summed E-state index contributed by atoms with van der Waals surface area (Å²) in [5, 5.41) is 8.78. The lowest BCUT2D eigenvalue weighted by atomic mass is 9.84. The van der Waals surface area contributed by atoms with Crippen LogP contribution in [0.2, 0.25) is 0 Å². The van der Waals surface area contributed by atoms with Gasteiger partial charge in [-0.1, -0.05) is 52.0 Å². The van der Waals surface area contributed by atoms with Crippen LogP contribution in [0.4, 0.5) is 4.39 Å². The summed E-state index contributed by atoms with van der Waals surface area (Å²) < 4.78 is 19.5. The zero-order valence-corrected chi connectivity index (χ0v) is 24.7. The van der Waals surface area contributed by atoms with Gasteiger partial charge in [-0.3, -0.25) is 19.2 Å². The van der Waals surface area contributed by atoms with Crippen molar-refractivity contribution in [1.82, 2.24) is 20.9 Å². The van der Waals surface area contributed by atoms with Crippen molar-refractivity contribution in [3.63, 3.8) is 0 Å². The Hall–Kier alpha value is -3.95. The average Bonchev–Trinajstić information content (AvgIpc) is 3.46. The van der Waals surface area contributed by atoms with Crippen LogP contribution >= 0.6 is 0 Å². The van der Waals surface area contributed by atoms with Crippen molar-refractivity contribution in [2.45, 2.75) is 76.9 Å². The Morgan fingerprint density at radius 3 is 2.50 bits per heavy atom. The third kappa shape index (κ3) is 7.46. The average molecular weight is 581 g/mol. The normalized spacial score (nSPS) is 22.2. The van der Waals surface area contributed by atoms with Crippen molar-refractivity contribution < 1.29 is 28.3 Å². The van der Waals surface area contributed by atoms with E-state index in [1.807, 2.05) is 27.7 Å². The van der Waals surface area contributed by atoms with Gasteiger partial charge < -0.3 is 25.6 Å². The van der Waals surface area contributed by atoms with Crippen LogP contribution < -0.4 is 20.7 Å². The molecule has 0 aromatic heterocycles. The standard InChI is InChI=1S/C32H41FN4O5/c1-20(2)25-18-42-27-10-6-5-8-23(27)29(39)35-24(15-16-28(38)37-17-7-9-26(37)31(41)36-25)30(40)34-19-32(3,4)21-11-13-22(33)14-12-21/h5-6,8,10-14,20,24-26H,7,9,15-19H2,1-4H3,(H,34,40)(H,35,39)(H,36,41)/t24-,25-,26-/m0/s1. The molecule has 2 aliphatic rings. The van der Waals surface area contributed by atoms with Crippen LogP contribution in [0.1, 0.15) is 69.3 Å². The van der Waals surface area contributed by atoms with Crippen LogP contribution in [0.15, 0.2) is 48.5 Å². The third-order valence-electron chi connectivity index (χ3n) is 8.16. The molecule has 2 aromatic rings. The van der Waals surface area contributed by atoms with Crippen LogP contribution in [-0.2, 0) is 19.8 Å². The van der Waals surface area contributed by atoms with Crippen molar-refractivity contribution in [2.24, 2.45) is 5.92 Å². The summed E-state index contributed by atoms with van der Waals surface area (Å²) in [7, 11) is 0. The first-order valence-corrected chi connectivity index (χ1v) is 14.6. The van der Waals surface area contributed by atoms with E-state index in [1.54, 1.807) is 41.3 Å². The van der Waals surface area contributed by atoms with Gasteiger partial charge in [0.2, 0.25) is 17.7 Å². The number of nitrogens with zero attached hydrogens (tertiary/aromatic N) is 1. The lowest BCUT2D eigenvalue weighted by Gasteiger charge is -2.29. The number of nitrogens with one attached hydrogen (secondary N) is 3. The van der Waals surface area contributed by atoms with Crippen LogP contribution in [0, 0.1) is 11.7 Å². The second kappa shape index (κ2) is 13.4. The molecule has 2 aliphatic heterocycles. The molecule has 3 N–H and O–H groups in total. The molecule has 0 saturated carbocycles. The Balaban J connectivity index is 1.58. The molecule has 42 heavy (non-hydrogen) atoms. The van der Waals surface area contributed by atoms with Crippen molar-refractivity contribution >= 4 is 23.6 Å². The molecule has 4 rings (SSSR count). The van der Waals surface area contributed by atoms with E-state index in [1.165, 1.54) is 12.1 Å². The number of amides is 4. The molecule has 0 spiro atoms. The molecule has 4 amide bonds. The van der Waals surface area contributed by atoms with Gasteiger partial charge in [0.25, 0.3) is 5.91 Å². The number of hydrogen-bond acceptors (Lipinski definition) is 5. The lowest BCUT2D eigenvalue weighted by Crippen LogP contribution is -2.52. The predicted molar refractivity (Wildman–Crippen MR) is 156 cm³/mol. The van der Waals surface area contributed by atoms with E-state index in [4.69, 9.17) is 4.74 Å². The van der Waals surface area contributed by atoms with Crippen molar-refractivity contribution in [3.8, 4) is 5.75 Å². The fourth-order valence-corrected chi connectivity index (χ4v) is 5.33. The van der Waals surface area contributed by atoms with Gasteiger partial charge in [-0.25, -0.2) is 4.39 Å². The number of carbonyl (C=O) groups excluding carboxylic acids is 4. The fraction of sp³-hybridized carbons (Fsp3) is 0.500.